The van der Waals surface area contributed by atoms with Gasteiger partial charge < -0.3 is 10.0 Å². The fourth-order valence-corrected chi connectivity index (χ4v) is 2.83. The van der Waals surface area contributed by atoms with Gasteiger partial charge in [-0.1, -0.05) is 11.6 Å². The van der Waals surface area contributed by atoms with Crippen molar-refractivity contribution in [2.24, 2.45) is 0 Å². The number of phenolic OH excluding ortho intramolecular Hbond substituents is 1. The summed E-state index contributed by atoms with van der Waals surface area (Å²) in [5.41, 5.74) is 1.07. The maximum atomic E-state index is 9.54. The Morgan fingerprint density at radius 2 is 2.00 bits per heavy atom. The van der Waals surface area contributed by atoms with Gasteiger partial charge in [-0.2, -0.15) is 0 Å². The smallest absolute Gasteiger partial charge is 0.117 e. The summed E-state index contributed by atoms with van der Waals surface area (Å²) in [4.78, 5) is 4.73. The first-order valence-electron chi connectivity index (χ1n) is 6.42. The predicted octanol–water partition coefficient (Wildman–Crippen LogP) is 2.57. The van der Waals surface area contributed by atoms with Crippen LogP contribution in [0.4, 0.5) is 0 Å². The molecule has 2 rings (SSSR count). The van der Waals surface area contributed by atoms with Gasteiger partial charge in [0.05, 0.1) is 0 Å². The number of phenols is 1. The molecule has 0 amide bonds. The van der Waals surface area contributed by atoms with Crippen molar-refractivity contribution in [1.29, 1.82) is 0 Å². The van der Waals surface area contributed by atoms with E-state index in [0.29, 0.717) is 11.1 Å². The van der Waals surface area contributed by atoms with Crippen LogP contribution in [0.3, 0.4) is 0 Å². The van der Waals surface area contributed by atoms with E-state index < -0.39 is 0 Å². The van der Waals surface area contributed by atoms with Crippen LogP contribution in [0.1, 0.15) is 18.4 Å². The molecule has 1 N–H and O–H groups in total. The Kier molecular flexibility index (Phi) is 4.49. The van der Waals surface area contributed by atoms with E-state index in [1.54, 1.807) is 12.1 Å². The third kappa shape index (κ3) is 3.61. The first-order chi connectivity index (χ1) is 8.54. The standard InChI is InChI=1S/C14H21ClN2O/c1-16-5-3-13(4-6-16)17(2)10-11-7-12(15)9-14(18)8-11/h7-9,13,18H,3-6,10H2,1-2H3. The van der Waals surface area contributed by atoms with Gasteiger partial charge in [0.1, 0.15) is 5.75 Å². The lowest BCUT2D eigenvalue weighted by molar-refractivity contribution is 0.139. The molecule has 0 radical (unpaired) electrons. The van der Waals surface area contributed by atoms with Crippen LogP contribution >= 0.6 is 11.6 Å². The lowest BCUT2D eigenvalue weighted by Crippen LogP contribution is -2.41. The zero-order chi connectivity index (χ0) is 13.1. The molecule has 0 atom stereocenters. The molecule has 0 bridgehead atoms. The van der Waals surface area contributed by atoms with E-state index in [4.69, 9.17) is 11.6 Å². The average molecular weight is 269 g/mol. The van der Waals surface area contributed by atoms with Crippen molar-refractivity contribution >= 4 is 11.6 Å². The second kappa shape index (κ2) is 5.91. The van der Waals surface area contributed by atoms with Crippen molar-refractivity contribution in [3.05, 3.63) is 28.8 Å². The molecule has 0 aromatic heterocycles. The summed E-state index contributed by atoms with van der Waals surface area (Å²) in [6, 6.07) is 5.91. The normalized spacial score (nSPS) is 18.4. The molecular formula is C14H21ClN2O. The van der Waals surface area contributed by atoms with Gasteiger partial charge in [0.15, 0.2) is 0 Å². The molecule has 1 aromatic rings. The van der Waals surface area contributed by atoms with E-state index in [2.05, 4.69) is 23.9 Å². The minimum absolute atomic E-state index is 0.245. The molecule has 1 saturated heterocycles. The number of nitrogens with zero attached hydrogens (tertiary/aromatic N) is 2. The maximum absolute atomic E-state index is 9.54. The van der Waals surface area contributed by atoms with E-state index in [9.17, 15) is 5.11 Å². The zero-order valence-corrected chi connectivity index (χ0v) is 11.8. The monoisotopic (exact) mass is 268 g/mol. The second-order valence-corrected chi connectivity index (χ2v) is 5.70. The third-order valence-electron chi connectivity index (χ3n) is 3.69. The van der Waals surface area contributed by atoms with Crippen molar-refractivity contribution in [3.63, 3.8) is 0 Å². The number of likely N-dealkylation sites (tertiary alicyclic amines) is 1. The van der Waals surface area contributed by atoms with Gasteiger partial charge in [0.25, 0.3) is 0 Å². The summed E-state index contributed by atoms with van der Waals surface area (Å²) in [5, 5.41) is 10.1. The molecule has 100 valence electrons. The van der Waals surface area contributed by atoms with Crippen molar-refractivity contribution in [2.75, 3.05) is 27.2 Å². The van der Waals surface area contributed by atoms with Crippen LogP contribution in [0.15, 0.2) is 18.2 Å². The van der Waals surface area contributed by atoms with Gasteiger partial charge in [0.2, 0.25) is 0 Å². The highest BCUT2D eigenvalue weighted by atomic mass is 35.5. The number of piperidine rings is 1. The van der Waals surface area contributed by atoms with E-state index in [1.807, 2.05) is 6.07 Å². The molecule has 1 aliphatic rings. The van der Waals surface area contributed by atoms with Gasteiger partial charge in [-0.3, -0.25) is 4.90 Å². The Labute approximate surface area is 114 Å². The summed E-state index contributed by atoms with van der Waals surface area (Å²) in [6.45, 7) is 3.16. The van der Waals surface area contributed by atoms with E-state index in [1.165, 1.54) is 12.8 Å². The number of hydrogen-bond acceptors (Lipinski definition) is 3. The summed E-state index contributed by atoms with van der Waals surface area (Å²) < 4.78 is 0. The number of aromatic hydroxyl groups is 1. The molecule has 1 heterocycles. The molecule has 4 heteroatoms. The SMILES string of the molecule is CN1CCC(N(C)Cc2cc(O)cc(Cl)c2)CC1. The van der Waals surface area contributed by atoms with Crippen LogP contribution in [0.5, 0.6) is 5.75 Å². The van der Waals surface area contributed by atoms with Crippen molar-refractivity contribution in [3.8, 4) is 5.75 Å². The van der Waals surface area contributed by atoms with Crippen LogP contribution < -0.4 is 0 Å². The van der Waals surface area contributed by atoms with Crippen LogP contribution in [0.25, 0.3) is 0 Å². The first kappa shape index (κ1) is 13.7. The number of benzene rings is 1. The highest BCUT2D eigenvalue weighted by molar-refractivity contribution is 6.30. The van der Waals surface area contributed by atoms with Crippen LogP contribution in [0.2, 0.25) is 5.02 Å². The van der Waals surface area contributed by atoms with E-state index >= 15 is 0 Å². The average Bonchev–Trinajstić information content (AvgIpc) is 2.28. The molecule has 0 unspecified atom stereocenters. The maximum Gasteiger partial charge on any atom is 0.117 e. The van der Waals surface area contributed by atoms with Crippen molar-refractivity contribution < 1.29 is 5.11 Å². The minimum Gasteiger partial charge on any atom is -0.508 e. The molecule has 1 aliphatic heterocycles. The predicted molar refractivity (Wildman–Crippen MR) is 75.1 cm³/mol. The lowest BCUT2D eigenvalue weighted by atomic mass is 10.0. The van der Waals surface area contributed by atoms with Crippen LogP contribution in [0, 0.1) is 0 Å². The Morgan fingerprint density at radius 3 is 2.61 bits per heavy atom. The van der Waals surface area contributed by atoms with E-state index in [-0.39, 0.29) is 5.75 Å². The Morgan fingerprint density at radius 1 is 1.33 bits per heavy atom. The third-order valence-corrected chi connectivity index (χ3v) is 3.90. The molecule has 0 spiro atoms. The highest BCUT2D eigenvalue weighted by Crippen LogP contribution is 2.22. The molecule has 1 fully saturated rings. The largest absolute Gasteiger partial charge is 0.508 e. The Hall–Kier alpha value is -0.770. The lowest BCUT2D eigenvalue weighted by Gasteiger charge is -2.35. The van der Waals surface area contributed by atoms with Gasteiger partial charge in [-0.15, -0.1) is 0 Å². The Balaban J connectivity index is 1.96. The number of rotatable bonds is 3. The summed E-state index contributed by atoms with van der Waals surface area (Å²) >= 11 is 5.95. The van der Waals surface area contributed by atoms with E-state index in [0.717, 1.165) is 25.2 Å². The van der Waals surface area contributed by atoms with Gasteiger partial charge >= 0.3 is 0 Å². The van der Waals surface area contributed by atoms with Gasteiger partial charge in [-0.05, 0) is 63.8 Å². The second-order valence-electron chi connectivity index (χ2n) is 5.27. The molecule has 1 aromatic carbocycles. The van der Waals surface area contributed by atoms with Crippen molar-refractivity contribution in [1.82, 2.24) is 9.80 Å². The first-order valence-corrected chi connectivity index (χ1v) is 6.79. The molecule has 0 aliphatic carbocycles. The molecule has 0 saturated carbocycles. The van der Waals surface area contributed by atoms with Crippen LogP contribution in [-0.2, 0) is 6.54 Å². The Bertz CT molecular complexity index is 383. The number of halogens is 1. The number of hydrogen-bond donors (Lipinski definition) is 1. The van der Waals surface area contributed by atoms with Gasteiger partial charge in [0, 0.05) is 17.6 Å². The van der Waals surface area contributed by atoms with Gasteiger partial charge in [-0.25, -0.2) is 0 Å². The van der Waals surface area contributed by atoms with Crippen molar-refractivity contribution in [2.45, 2.75) is 25.4 Å². The quantitative estimate of drug-likeness (QED) is 0.913. The topological polar surface area (TPSA) is 26.7 Å². The highest BCUT2D eigenvalue weighted by Gasteiger charge is 2.20. The minimum atomic E-state index is 0.245. The summed E-state index contributed by atoms with van der Waals surface area (Å²) in [7, 11) is 4.32. The summed E-state index contributed by atoms with van der Waals surface area (Å²) in [6.07, 6.45) is 2.42. The summed E-state index contributed by atoms with van der Waals surface area (Å²) in [5.74, 6) is 0.245. The molecule has 3 nitrogen and oxygen atoms in total. The zero-order valence-electron chi connectivity index (χ0n) is 11.1. The van der Waals surface area contributed by atoms with Crippen LogP contribution in [-0.4, -0.2) is 48.1 Å². The molecular weight excluding hydrogens is 248 g/mol. The fraction of sp³-hybridized carbons (Fsp3) is 0.571. The fourth-order valence-electron chi connectivity index (χ4n) is 2.58. The molecule has 18 heavy (non-hydrogen) atoms.